The summed E-state index contributed by atoms with van der Waals surface area (Å²) in [6.45, 7) is 11.9. The second-order valence-corrected chi connectivity index (χ2v) is 34.5. The largest absolute Gasteiger partial charge is 0.481 e. The molecule has 111 heavy (non-hydrogen) atoms. The normalized spacial score (nSPS) is 51.8. The number of aliphatic hydroxyl groups is 16. The fourth-order valence-corrected chi connectivity index (χ4v) is 20.7. The fraction of sp³-hybridized carbons (Fsp3) is 0.904. The highest BCUT2D eigenvalue weighted by molar-refractivity contribution is 5.93. The van der Waals surface area contributed by atoms with Gasteiger partial charge in [0.05, 0.1) is 68.9 Å². The van der Waals surface area contributed by atoms with Gasteiger partial charge in [0.25, 0.3) is 0 Å². The Kier molecular flexibility index (Phi) is 25.5. The summed E-state index contributed by atoms with van der Waals surface area (Å²) in [5.74, 6) is -6.75. The zero-order chi connectivity index (χ0) is 81.1. The monoisotopic (exact) mass is 1600 g/mol. The van der Waals surface area contributed by atoms with Crippen molar-refractivity contribution in [3.63, 3.8) is 0 Å². The number of fused-ring (bicyclic) bond motifs is 7. The maximum atomic E-state index is 16.0. The number of aliphatic hydroxyl groups excluding tert-OH is 15. The summed E-state index contributed by atoms with van der Waals surface area (Å²) in [5.41, 5.74) is -6.82. The number of amides is 1. The zero-order valence-electron chi connectivity index (χ0n) is 63.1. The quantitative estimate of drug-likeness (QED) is 0.0158. The lowest BCUT2D eigenvalue weighted by Gasteiger charge is -2.71. The molecule has 632 valence electrons. The van der Waals surface area contributed by atoms with E-state index in [1.165, 1.54) is 6.92 Å². The summed E-state index contributed by atoms with van der Waals surface area (Å²) in [5, 5.41) is 201. The summed E-state index contributed by atoms with van der Waals surface area (Å²) in [6, 6.07) is -1.71. The van der Waals surface area contributed by atoms with E-state index in [9.17, 15) is 111 Å². The van der Waals surface area contributed by atoms with Gasteiger partial charge in [-0.05, 0) is 111 Å². The number of rotatable bonds is 22. The summed E-state index contributed by atoms with van der Waals surface area (Å²) in [6.07, 6.45) is -48.5. The number of hydrogen-bond donors (Lipinski definition) is 19. The Morgan fingerprint density at radius 1 is 0.595 bits per heavy atom. The van der Waals surface area contributed by atoms with Gasteiger partial charge in [-0.2, -0.15) is 0 Å². The molecule has 7 heterocycles. The number of carbonyl (C=O) groups excluding carboxylic acids is 3. The minimum atomic E-state index is -2.15. The number of carboxylic acid groups (broad SMARTS) is 2. The molecule has 40 atom stereocenters. The van der Waals surface area contributed by atoms with Gasteiger partial charge in [-0.1, -0.05) is 60.1 Å². The second-order valence-electron chi connectivity index (χ2n) is 34.5. The van der Waals surface area contributed by atoms with Crippen molar-refractivity contribution in [2.45, 2.75) is 329 Å². The van der Waals surface area contributed by atoms with Crippen molar-refractivity contribution >= 4 is 30.1 Å². The third kappa shape index (κ3) is 15.4. The molecule has 7 aliphatic heterocycles. The third-order valence-electron chi connectivity index (χ3n) is 27.5. The van der Waals surface area contributed by atoms with Crippen LogP contribution in [-0.4, -0.2) is 351 Å². The first kappa shape index (κ1) is 86.5. The molecule has 7 saturated heterocycles. The van der Waals surface area contributed by atoms with E-state index in [2.05, 4.69) is 32.2 Å². The van der Waals surface area contributed by atoms with Crippen molar-refractivity contribution in [2.24, 2.45) is 50.2 Å². The number of allylic oxidation sites excluding steroid dienone is 2. The lowest BCUT2D eigenvalue weighted by atomic mass is 9.33. The van der Waals surface area contributed by atoms with E-state index in [1.807, 2.05) is 13.8 Å². The maximum Gasteiger partial charge on any atom is 0.333 e. The van der Waals surface area contributed by atoms with Gasteiger partial charge in [0.15, 0.2) is 49.9 Å². The first-order chi connectivity index (χ1) is 52.1. The number of hydrogen-bond acceptors (Lipinski definition) is 35. The van der Waals surface area contributed by atoms with Gasteiger partial charge >= 0.3 is 17.9 Å². The van der Waals surface area contributed by atoms with Crippen LogP contribution in [0, 0.1) is 50.2 Å². The van der Waals surface area contributed by atoms with Crippen LogP contribution in [0.3, 0.4) is 0 Å². The minimum absolute atomic E-state index is 0.0225. The van der Waals surface area contributed by atoms with Crippen molar-refractivity contribution in [3.8, 4) is 0 Å². The topological polar surface area (TPSA) is 591 Å². The maximum absolute atomic E-state index is 16.0. The molecule has 19 N–H and O–H groups in total. The van der Waals surface area contributed by atoms with Crippen LogP contribution in [-0.2, 0) is 90.3 Å². The van der Waals surface area contributed by atoms with Gasteiger partial charge in [-0.3, -0.25) is 14.4 Å². The van der Waals surface area contributed by atoms with Crippen molar-refractivity contribution in [2.75, 3.05) is 33.0 Å². The molecule has 0 radical (unpaired) electrons. The average molecular weight is 1600 g/mol. The first-order valence-electron chi connectivity index (χ1n) is 38.4. The van der Waals surface area contributed by atoms with E-state index in [0.29, 0.717) is 38.5 Å². The van der Waals surface area contributed by atoms with Crippen molar-refractivity contribution in [3.05, 3.63) is 11.6 Å². The number of esters is 1. The molecule has 0 aromatic heterocycles. The lowest BCUT2D eigenvalue weighted by molar-refractivity contribution is -0.379. The van der Waals surface area contributed by atoms with E-state index >= 15 is 4.79 Å². The highest BCUT2D eigenvalue weighted by Crippen LogP contribution is 2.76. The Labute approximate surface area is 638 Å². The molecule has 0 aromatic carbocycles. The van der Waals surface area contributed by atoms with E-state index in [0.717, 1.165) is 11.9 Å². The third-order valence-corrected chi connectivity index (χ3v) is 27.5. The van der Waals surface area contributed by atoms with E-state index in [1.54, 1.807) is 13.8 Å². The summed E-state index contributed by atoms with van der Waals surface area (Å²) in [4.78, 5) is 68.2. The molecular weight excluding hydrogens is 1480 g/mol. The van der Waals surface area contributed by atoms with Crippen LogP contribution < -0.4 is 5.32 Å². The Hall–Kier alpha value is -3.87. The summed E-state index contributed by atoms with van der Waals surface area (Å²) in [7, 11) is 0. The SMILES string of the molecule is CC[C@]1(O)CO[C@@H](OC2C(O)[C@H](O[C@H]3C(C)O[C@@H](OC4C(O)[C@@H](NC(=O)CC(=O)O)C(CO)O[C@H]4OC(=O)[C@]45CCC(C)(C)CC4C4=CCC6C7(C)CC[C@H](O[C@@H]8OC(C(=O)O)C[C@H](O[C@@H]9OC[C@@H](O)[C@H](O)C9O)C8O[C@@H]8OC(CO)[C@H](O)[C@H](O)C8O)[C@](C)(C=O)[C@@H]7CC[C@]6(C)[C@]4(C)CC5O)C(O)C3O)OC[C@H]2O)C1O. The Bertz CT molecular complexity index is 3340. The minimum Gasteiger partial charge on any atom is -0.481 e. The van der Waals surface area contributed by atoms with Crippen LogP contribution >= 0.6 is 0 Å². The fourth-order valence-electron chi connectivity index (χ4n) is 20.7. The van der Waals surface area contributed by atoms with Crippen LogP contribution in [0.15, 0.2) is 11.6 Å². The number of carbonyl (C=O) groups is 5. The van der Waals surface area contributed by atoms with Gasteiger partial charge in [-0.15, -0.1) is 0 Å². The molecule has 38 heteroatoms. The summed E-state index contributed by atoms with van der Waals surface area (Å²) < 4.78 is 84.6. The number of ether oxygens (including phenoxy) is 14. The van der Waals surface area contributed by atoms with Gasteiger partial charge in [0, 0.05) is 6.42 Å². The molecule has 1 amide bonds. The lowest BCUT2D eigenvalue weighted by Crippen LogP contribution is -2.70. The predicted octanol–water partition coefficient (Wildman–Crippen LogP) is -5.33. The summed E-state index contributed by atoms with van der Waals surface area (Å²) >= 11 is 0. The van der Waals surface area contributed by atoms with Gasteiger partial charge < -0.3 is 168 Å². The molecular formula is C73H113NO37. The first-order valence-corrected chi connectivity index (χ1v) is 38.4. The Balaban J connectivity index is 0.801. The molecule has 4 saturated carbocycles. The van der Waals surface area contributed by atoms with E-state index in [4.69, 9.17) is 66.3 Å². The molecule has 11 fully saturated rings. The number of nitrogens with one attached hydrogen (secondary N) is 1. The molecule has 18 unspecified atom stereocenters. The predicted molar refractivity (Wildman–Crippen MR) is 364 cm³/mol. The van der Waals surface area contributed by atoms with Gasteiger partial charge in [-0.25, -0.2) is 4.79 Å². The molecule has 38 nitrogen and oxygen atoms in total. The average Bonchev–Trinajstić information content (AvgIpc) is 0.954. The Morgan fingerprint density at radius 2 is 1.22 bits per heavy atom. The highest BCUT2D eigenvalue weighted by atomic mass is 16.8. The van der Waals surface area contributed by atoms with Crippen molar-refractivity contribution in [1.82, 2.24) is 5.32 Å². The van der Waals surface area contributed by atoms with Crippen LogP contribution in [0.25, 0.3) is 0 Å². The van der Waals surface area contributed by atoms with Gasteiger partial charge in [0.1, 0.15) is 127 Å². The molecule has 0 bridgehead atoms. The molecule has 12 aliphatic rings. The number of aldehydes is 1. The highest BCUT2D eigenvalue weighted by Gasteiger charge is 2.73. The molecule has 5 aliphatic carbocycles. The van der Waals surface area contributed by atoms with Crippen LogP contribution in [0.2, 0.25) is 0 Å². The molecule has 0 spiro atoms. The van der Waals surface area contributed by atoms with Crippen molar-refractivity contribution < 1.29 is 182 Å². The standard InChI is InChI=1S/C73H113NO37/c1-9-72(97)27-100-65(57(72)93)108-54-32(79)25-99-60(52(54)92)107-53-28(2)101-61(51(91)48(53)88)110-56-46(86)43(74-41(81)19-42(82)83)35(22-75)104-64(56)111-66(96)73-17-16-67(3,4)20-30(73)29-10-11-38-68(5)14-13-40(69(6,26-77)37(68)12-15-70(38,7)71(29,8)21-39(73)80)106-63-55(109-62-50(90)47(87)45(85)36(23-76)105-62)33(18-34(103-63)58(94)95)102-59-49(89)44(84)31(78)24-98-59/h10,26,28,30-40,43-57,59-65,75-76,78-80,84-93,97H,9,11-25,27H2,1-8H3,(H,74,81)(H,82,83)(H,94,95)/t28?,30?,31-,32-,33+,34?,35?,36?,37-,38?,39?,40+,43+,44+,45+,46?,47+,48?,49?,50?,51?,52?,53+,54?,55?,56?,57?,59+,60+,61+,62+,63+,64+,65+,68?,69-,70+,71-,72+,73-/m1/s1. The Morgan fingerprint density at radius 3 is 1.86 bits per heavy atom. The van der Waals surface area contributed by atoms with Crippen LogP contribution in [0.4, 0.5) is 0 Å². The molecule has 12 rings (SSSR count). The second kappa shape index (κ2) is 32.8. The zero-order valence-corrected chi connectivity index (χ0v) is 63.1. The van der Waals surface area contributed by atoms with Crippen LogP contribution in [0.1, 0.15) is 132 Å². The molecule has 0 aromatic rings. The van der Waals surface area contributed by atoms with E-state index in [-0.39, 0.29) is 38.2 Å². The number of aliphatic carboxylic acids is 2. The van der Waals surface area contributed by atoms with Crippen LogP contribution in [0.5, 0.6) is 0 Å². The van der Waals surface area contributed by atoms with Crippen molar-refractivity contribution in [1.29, 1.82) is 0 Å². The smallest absolute Gasteiger partial charge is 0.333 e. The number of carboxylic acids is 2. The van der Waals surface area contributed by atoms with E-state index < -0.39 is 303 Å². The van der Waals surface area contributed by atoms with Gasteiger partial charge in [0.2, 0.25) is 12.2 Å².